The van der Waals surface area contributed by atoms with E-state index in [1.807, 2.05) is 6.92 Å². The molecule has 0 fully saturated rings. The third-order valence-corrected chi connectivity index (χ3v) is 0.344. The highest BCUT2D eigenvalue weighted by Crippen LogP contribution is 1.72. The van der Waals surface area contributed by atoms with Crippen molar-refractivity contribution in [1.29, 1.82) is 0 Å². The van der Waals surface area contributed by atoms with Crippen LogP contribution in [-0.4, -0.2) is 11.9 Å². The quantitative estimate of drug-likeness (QED) is 0.348. The van der Waals surface area contributed by atoms with Crippen LogP contribution in [0.3, 0.4) is 0 Å². The van der Waals surface area contributed by atoms with Gasteiger partial charge in [-0.15, -0.1) is 0 Å². The molecule has 0 unspecified atom stereocenters. The number of rotatable bonds is 1. The molecule has 0 aliphatic carbocycles. The standard InChI is InChI=1S/C5H9N2/c1-4-6-7-5(2)3/h4H,2H2,1,3H3/b6-4+,7-5+. The van der Waals surface area contributed by atoms with Crippen molar-refractivity contribution < 1.29 is 0 Å². The van der Waals surface area contributed by atoms with Gasteiger partial charge in [0.05, 0.1) is 0 Å². The van der Waals surface area contributed by atoms with E-state index in [1.54, 1.807) is 13.1 Å². The summed E-state index contributed by atoms with van der Waals surface area (Å²) in [6.45, 7) is 7.12. The summed E-state index contributed by atoms with van der Waals surface area (Å²) >= 11 is 0. The van der Waals surface area contributed by atoms with Crippen molar-refractivity contribution >= 4 is 11.9 Å². The molecule has 0 spiro atoms. The van der Waals surface area contributed by atoms with E-state index in [0.29, 0.717) is 0 Å². The van der Waals surface area contributed by atoms with Crippen LogP contribution in [0.15, 0.2) is 10.2 Å². The SMILES string of the molecule is [CH2]/C(C)=N\N=C\C. The van der Waals surface area contributed by atoms with Crippen molar-refractivity contribution in [2.75, 3.05) is 0 Å². The zero-order valence-electron chi connectivity index (χ0n) is 4.68. The zero-order chi connectivity index (χ0) is 5.70. The lowest BCUT2D eigenvalue weighted by Crippen LogP contribution is -1.75. The van der Waals surface area contributed by atoms with E-state index in [9.17, 15) is 0 Å². The Balaban J connectivity index is 3.46. The van der Waals surface area contributed by atoms with Gasteiger partial charge in [-0.05, 0) is 20.8 Å². The Morgan fingerprint density at radius 1 is 1.71 bits per heavy atom. The Kier molecular flexibility index (Phi) is 3.19. The highest BCUT2D eigenvalue weighted by Gasteiger charge is 1.68. The molecular formula is C5H9N2. The molecule has 0 rings (SSSR count). The average molecular weight is 97.1 g/mol. The second kappa shape index (κ2) is 3.53. The van der Waals surface area contributed by atoms with Crippen LogP contribution in [0.4, 0.5) is 0 Å². The molecule has 0 N–H and O–H groups in total. The molecule has 7 heavy (non-hydrogen) atoms. The van der Waals surface area contributed by atoms with E-state index >= 15 is 0 Å². The predicted octanol–water partition coefficient (Wildman–Crippen LogP) is 1.29. The Bertz CT molecular complexity index is 88.3. The van der Waals surface area contributed by atoms with Crippen LogP contribution in [0.1, 0.15) is 13.8 Å². The summed E-state index contributed by atoms with van der Waals surface area (Å²) in [5.41, 5.74) is 0.734. The minimum Gasteiger partial charge on any atom is -0.164 e. The maximum atomic E-state index is 3.62. The Hall–Kier alpha value is -0.660. The minimum atomic E-state index is 0.734. The second-order valence-electron chi connectivity index (χ2n) is 1.21. The van der Waals surface area contributed by atoms with E-state index in [1.165, 1.54) is 0 Å². The maximum Gasteiger partial charge on any atom is 0.0378 e. The molecule has 2 heteroatoms. The summed E-state index contributed by atoms with van der Waals surface area (Å²) in [6, 6.07) is 0. The first-order valence-electron chi connectivity index (χ1n) is 2.11. The van der Waals surface area contributed by atoms with Crippen molar-refractivity contribution in [3.63, 3.8) is 0 Å². The summed E-state index contributed by atoms with van der Waals surface area (Å²) < 4.78 is 0. The zero-order valence-corrected chi connectivity index (χ0v) is 4.68. The molecule has 0 aliphatic heterocycles. The number of hydrogen-bond donors (Lipinski definition) is 0. The van der Waals surface area contributed by atoms with E-state index in [0.717, 1.165) is 5.71 Å². The van der Waals surface area contributed by atoms with Crippen molar-refractivity contribution in [2.45, 2.75) is 13.8 Å². The van der Waals surface area contributed by atoms with Crippen LogP contribution in [0, 0.1) is 6.92 Å². The van der Waals surface area contributed by atoms with Gasteiger partial charge in [0.15, 0.2) is 0 Å². The minimum absolute atomic E-state index is 0.734. The van der Waals surface area contributed by atoms with Gasteiger partial charge in [-0.1, -0.05) is 0 Å². The third-order valence-electron chi connectivity index (χ3n) is 0.344. The Morgan fingerprint density at radius 2 is 2.29 bits per heavy atom. The highest BCUT2D eigenvalue weighted by atomic mass is 15.2. The fourth-order valence-electron chi connectivity index (χ4n) is 0.156. The van der Waals surface area contributed by atoms with Gasteiger partial charge in [-0.3, -0.25) is 0 Å². The van der Waals surface area contributed by atoms with Crippen molar-refractivity contribution in [2.24, 2.45) is 10.2 Å². The molecule has 2 nitrogen and oxygen atoms in total. The number of hydrogen-bond acceptors (Lipinski definition) is 2. The van der Waals surface area contributed by atoms with Gasteiger partial charge in [0.2, 0.25) is 0 Å². The van der Waals surface area contributed by atoms with Gasteiger partial charge in [0.25, 0.3) is 0 Å². The smallest absolute Gasteiger partial charge is 0.0378 e. The maximum absolute atomic E-state index is 3.62. The highest BCUT2D eigenvalue weighted by molar-refractivity contribution is 5.85. The Morgan fingerprint density at radius 3 is 2.43 bits per heavy atom. The summed E-state index contributed by atoms with van der Waals surface area (Å²) in [4.78, 5) is 0. The normalized spacial score (nSPS) is 13.3. The molecular weight excluding hydrogens is 88.1 g/mol. The van der Waals surface area contributed by atoms with E-state index in [2.05, 4.69) is 17.1 Å². The summed E-state index contributed by atoms with van der Waals surface area (Å²) in [5.74, 6) is 0. The average Bonchev–Trinajstić information content (AvgIpc) is 1.61. The lowest BCUT2D eigenvalue weighted by molar-refractivity contribution is 1.24. The molecule has 0 aliphatic rings. The molecule has 0 aromatic heterocycles. The summed E-state index contributed by atoms with van der Waals surface area (Å²) in [6.07, 6.45) is 1.62. The van der Waals surface area contributed by atoms with Crippen molar-refractivity contribution in [3.8, 4) is 0 Å². The second-order valence-corrected chi connectivity index (χ2v) is 1.21. The first-order chi connectivity index (χ1) is 3.27. The van der Waals surface area contributed by atoms with Gasteiger partial charge in [0, 0.05) is 11.9 Å². The van der Waals surface area contributed by atoms with Gasteiger partial charge < -0.3 is 0 Å². The number of nitrogens with zero attached hydrogens (tertiary/aromatic N) is 2. The van der Waals surface area contributed by atoms with Crippen molar-refractivity contribution in [1.82, 2.24) is 0 Å². The molecule has 0 atom stereocenters. The molecule has 0 saturated carbocycles. The monoisotopic (exact) mass is 97.1 g/mol. The van der Waals surface area contributed by atoms with Crippen LogP contribution in [0.2, 0.25) is 0 Å². The fraction of sp³-hybridized carbons (Fsp3) is 0.400. The molecule has 39 valence electrons. The molecule has 0 amide bonds. The summed E-state index contributed by atoms with van der Waals surface area (Å²) in [5, 5.41) is 7.19. The molecule has 1 radical (unpaired) electrons. The molecule has 0 bridgehead atoms. The van der Waals surface area contributed by atoms with Crippen LogP contribution in [0.5, 0.6) is 0 Å². The molecule has 0 aromatic carbocycles. The lowest BCUT2D eigenvalue weighted by Gasteiger charge is -1.76. The lowest BCUT2D eigenvalue weighted by atomic mass is 10.5. The van der Waals surface area contributed by atoms with Gasteiger partial charge in [-0.2, -0.15) is 10.2 Å². The van der Waals surface area contributed by atoms with E-state index in [4.69, 9.17) is 0 Å². The molecule has 0 aromatic rings. The molecule has 0 saturated heterocycles. The first kappa shape index (κ1) is 6.34. The summed E-state index contributed by atoms with van der Waals surface area (Å²) in [7, 11) is 0. The van der Waals surface area contributed by atoms with Crippen LogP contribution < -0.4 is 0 Å². The van der Waals surface area contributed by atoms with Gasteiger partial charge >= 0.3 is 0 Å². The molecule has 0 heterocycles. The third kappa shape index (κ3) is 5.34. The van der Waals surface area contributed by atoms with Gasteiger partial charge in [0.1, 0.15) is 0 Å². The predicted molar refractivity (Wildman–Crippen MR) is 32.6 cm³/mol. The van der Waals surface area contributed by atoms with Crippen LogP contribution in [-0.2, 0) is 0 Å². The van der Waals surface area contributed by atoms with Gasteiger partial charge in [-0.25, -0.2) is 0 Å². The first-order valence-corrected chi connectivity index (χ1v) is 2.11. The fourth-order valence-corrected chi connectivity index (χ4v) is 0.156. The van der Waals surface area contributed by atoms with Crippen LogP contribution in [0.25, 0.3) is 0 Å². The van der Waals surface area contributed by atoms with Crippen LogP contribution >= 0.6 is 0 Å². The largest absolute Gasteiger partial charge is 0.164 e. The topological polar surface area (TPSA) is 24.7 Å². The van der Waals surface area contributed by atoms with Crippen molar-refractivity contribution in [3.05, 3.63) is 6.92 Å². The Labute approximate surface area is 44.0 Å². The van der Waals surface area contributed by atoms with E-state index < -0.39 is 0 Å². The van der Waals surface area contributed by atoms with E-state index in [-0.39, 0.29) is 0 Å².